The zero-order valence-electron chi connectivity index (χ0n) is 8.46. The number of aliphatic hydroxyl groups is 2. The highest BCUT2D eigenvalue weighted by Crippen LogP contribution is 2.09. The first-order chi connectivity index (χ1) is 5.39. The van der Waals surface area contributed by atoms with E-state index < -0.39 is 0 Å². The van der Waals surface area contributed by atoms with Crippen LogP contribution in [0.1, 0.15) is 34.1 Å². The Labute approximate surface area is 74.8 Å². The molecule has 0 aromatic carbocycles. The Bertz CT molecular complexity index is 124. The molecular formula is C9H21NO2. The van der Waals surface area contributed by atoms with Gasteiger partial charge in [-0.1, -0.05) is 0 Å². The Morgan fingerprint density at radius 3 is 2.17 bits per heavy atom. The molecule has 0 amide bonds. The monoisotopic (exact) mass is 175 g/mol. The number of aliphatic hydroxyl groups excluding tert-OH is 2. The van der Waals surface area contributed by atoms with Crippen molar-refractivity contribution < 1.29 is 10.2 Å². The maximum absolute atomic E-state index is 9.23. The van der Waals surface area contributed by atoms with Gasteiger partial charge in [0, 0.05) is 18.2 Å². The molecule has 0 aromatic rings. The molecule has 0 aromatic heterocycles. The van der Waals surface area contributed by atoms with Gasteiger partial charge in [-0.3, -0.25) is 0 Å². The van der Waals surface area contributed by atoms with Crippen LogP contribution in [0.3, 0.4) is 0 Å². The molecule has 2 atom stereocenters. The lowest BCUT2D eigenvalue weighted by atomic mass is 9.99. The van der Waals surface area contributed by atoms with Crippen LogP contribution in [0.4, 0.5) is 0 Å². The molecule has 0 saturated carbocycles. The van der Waals surface area contributed by atoms with Crippen LogP contribution in [0, 0.1) is 0 Å². The van der Waals surface area contributed by atoms with Crippen LogP contribution in [-0.2, 0) is 0 Å². The molecule has 3 heteroatoms. The maximum Gasteiger partial charge on any atom is 0.0662 e. The van der Waals surface area contributed by atoms with Crippen molar-refractivity contribution in [1.29, 1.82) is 0 Å². The number of nitrogens with one attached hydrogen (secondary N) is 1. The summed E-state index contributed by atoms with van der Waals surface area (Å²) >= 11 is 0. The second-order valence-corrected chi connectivity index (χ2v) is 4.03. The molecule has 0 heterocycles. The predicted molar refractivity (Wildman–Crippen MR) is 50.1 cm³/mol. The van der Waals surface area contributed by atoms with E-state index in [4.69, 9.17) is 5.11 Å². The minimum Gasteiger partial charge on any atom is -0.396 e. The van der Waals surface area contributed by atoms with Gasteiger partial charge in [0.05, 0.1) is 6.10 Å². The molecule has 3 N–H and O–H groups in total. The van der Waals surface area contributed by atoms with Crippen molar-refractivity contribution in [2.75, 3.05) is 6.61 Å². The van der Waals surface area contributed by atoms with Gasteiger partial charge in [0.2, 0.25) is 0 Å². The third-order valence-corrected chi connectivity index (χ3v) is 2.08. The quantitative estimate of drug-likeness (QED) is 0.570. The van der Waals surface area contributed by atoms with E-state index in [1.54, 1.807) is 6.92 Å². The standard InChI is InChI=1S/C9H21NO2/c1-7(8(2)12)10-9(3,4)5-6-11/h7-8,10-12H,5-6H2,1-4H3. The van der Waals surface area contributed by atoms with E-state index >= 15 is 0 Å². The molecule has 0 aliphatic carbocycles. The minimum absolute atomic E-state index is 0.0616. The van der Waals surface area contributed by atoms with Crippen molar-refractivity contribution in [3.05, 3.63) is 0 Å². The number of rotatable bonds is 5. The van der Waals surface area contributed by atoms with Gasteiger partial charge < -0.3 is 15.5 Å². The van der Waals surface area contributed by atoms with Gasteiger partial charge in [0.25, 0.3) is 0 Å². The zero-order chi connectivity index (χ0) is 9.78. The Balaban J connectivity index is 3.87. The van der Waals surface area contributed by atoms with Crippen LogP contribution in [0.15, 0.2) is 0 Å². The highest BCUT2D eigenvalue weighted by molar-refractivity contribution is 4.82. The van der Waals surface area contributed by atoms with Crippen LogP contribution in [0.25, 0.3) is 0 Å². The van der Waals surface area contributed by atoms with Gasteiger partial charge in [0.1, 0.15) is 0 Å². The Hall–Kier alpha value is -0.120. The van der Waals surface area contributed by atoms with Gasteiger partial charge in [0.15, 0.2) is 0 Å². The molecule has 0 fully saturated rings. The Morgan fingerprint density at radius 1 is 1.33 bits per heavy atom. The maximum atomic E-state index is 9.23. The van der Waals surface area contributed by atoms with Crippen LogP contribution in [0.2, 0.25) is 0 Å². The van der Waals surface area contributed by atoms with E-state index in [2.05, 4.69) is 5.32 Å². The molecule has 0 spiro atoms. The molecule has 0 aliphatic rings. The Morgan fingerprint density at radius 2 is 1.83 bits per heavy atom. The fourth-order valence-electron chi connectivity index (χ4n) is 1.09. The molecule has 2 unspecified atom stereocenters. The van der Waals surface area contributed by atoms with E-state index in [1.807, 2.05) is 20.8 Å². The largest absolute Gasteiger partial charge is 0.396 e. The normalized spacial score (nSPS) is 17.5. The molecule has 0 bridgehead atoms. The third-order valence-electron chi connectivity index (χ3n) is 2.08. The number of hydrogen-bond donors (Lipinski definition) is 3. The first-order valence-electron chi connectivity index (χ1n) is 4.45. The third kappa shape index (κ3) is 4.70. The first-order valence-corrected chi connectivity index (χ1v) is 4.45. The van der Waals surface area contributed by atoms with Gasteiger partial charge in [-0.2, -0.15) is 0 Å². The molecule has 0 aliphatic heterocycles. The van der Waals surface area contributed by atoms with Gasteiger partial charge >= 0.3 is 0 Å². The summed E-state index contributed by atoms with van der Waals surface area (Å²) in [4.78, 5) is 0. The second kappa shape index (κ2) is 4.80. The summed E-state index contributed by atoms with van der Waals surface area (Å²) in [6.45, 7) is 7.90. The van der Waals surface area contributed by atoms with Gasteiger partial charge in [-0.05, 0) is 34.1 Å². The highest BCUT2D eigenvalue weighted by atomic mass is 16.3. The van der Waals surface area contributed by atoms with Crippen molar-refractivity contribution in [2.45, 2.75) is 51.8 Å². The van der Waals surface area contributed by atoms with Crippen molar-refractivity contribution in [3.8, 4) is 0 Å². The van der Waals surface area contributed by atoms with Gasteiger partial charge in [-0.25, -0.2) is 0 Å². The average molecular weight is 175 g/mol. The van der Waals surface area contributed by atoms with E-state index in [9.17, 15) is 5.11 Å². The highest BCUT2D eigenvalue weighted by Gasteiger charge is 2.21. The summed E-state index contributed by atoms with van der Waals surface area (Å²) in [5.74, 6) is 0. The molecule has 3 nitrogen and oxygen atoms in total. The molecule has 12 heavy (non-hydrogen) atoms. The first kappa shape index (κ1) is 11.9. The lowest BCUT2D eigenvalue weighted by molar-refractivity contribution is 0.125. The molecule has 0 rings (SSSR count). The predicted octanol–water partition coefficient (Wildman–Crippen LogP) is 0.506. The molecular weight excluding hydrogens is 154 g/mol. The smallest absolute Gasteiger partial charge is 0.0662 e. The van der Waals surface area contributed by atoms with Crippen molar-refractivity contribution >= 4 is 0 Å². The van der Waals surface area contributed by atoms with Crippen molar-refractivity contribution in [1.82, 2.24) is 5.32 Å². The fraction of sp³-hybridized carbons (Fsp3) is 1.00. The van der Waals surface area contributed by atoms with Crippen molar-refractivity contribution in [2.24, 2.45) is 0 Å². The number of hydrogen-bond acceptors (Lipinski definition) is 3. The van der Waals surface area contributed by atoms with E-state index in [0.29, 0.717) is 6.42 Å². The van der Waals surface area contributed by atoms with Crippen LogP contribution < -0.4 is 5.32 Å². The van der Waals surface area contributed by atoms with Crippen LogP contribution in [0.5, 0.6) is 0 Å². The topological polar surface area (TPSA) is 52.5 Å². The van der Waals surface area contributed by atoms with E-state index in [-0.39, 0.29) is 24.3 Å². The second-order valence-electron chi connectivity index (χ2n) is 4.03. The summed E-state index contributed by atoms with van der Waals surface area (Å²) in [5, 5.41) is 21.2. The minimum atomic E-state index is -0.358. The van der Waals surface area contributed by atoms with Gasteiger partial charge in [-0.15, -0.1) is 0 Å². The molecule has 0 radical (unpaired) electrons. The summed E-state index contributed by atoms with van der Waals surface area (Å²) in [6, 6.07) is 0.0616. The SMILES string of the molecule is CC(O)C(C)NC(C)(C)CCO. The van der Waals surface area contributed by atoms with Crippen molar-refractivity contribution in [3.63, 3.8) is 0 Å². The summed E-state index contributed by atoms with van der Waals surface area (Å²) in [6.07, 6.45) is 0.340. The fourth-order valence-corrected chi connectivity index (χ4v) is 1.09. The lowest BCUT2D eigenvalue weighted by Gasteiger charge is -2.31. The molecule has 74 valence electrons. The van der Waals surface area contributed by atoms with E-state index in [0.717, 1.165) is 0 Å². The molecule has 0 saturated heterocycles. The summed E-state index contributed by atoms with van der Waals surface area (Å²) < 4.78 is 0. The average Bonchev–Trinajstić information content (AvgIpc) is 1.85. The summed E-state index contributed by atoms with van der Waals surface area (Å²) in [7, 11) is 0. The van der Waals surface area contributed by atoms with Crippen LogP contribution in [-0.4, -0.2) is 34.5 Å². The van der Waals surface area contributed by atoms with Crippen LogP contribution >= 0.6 is 0 Å². The summed E-state index contributed by atoms with van der Waals surface area (Å²) in [5.41, 5.74) is -0.106. The van der Waals surface area contributed by atoms with E-state index in [1.165, 1.54) is 0 Å². The lowest BCUT2D eigenvalue weighted by Crippen LogP contribution is -2.49. The Kier molecular flexibility index (Phi) is 4.75. The zero-order valence-corrected chi connectivity index (χ0v) is 8.46.